The Labute approximate surface area is 145 Å². The van der Waals surface area contributed by atoms with E-state index in [1.807, 2.05) is 36.0 Å². The zero-order chi connectivity index (χ0) is 17.4. The van der Waals surface area contributed by atoms with Crippen molar-refractivity contribution >= 4 is 9.84 Å². The summed E-state index contributed by atoms with van der Waals surface area (Å²) < 4.78 is 32.9. The van der Waals surface area contributed by atoms with E-state index in [9.17, 15) is 8.42 Å². The number of furan rings is 1. The Bertz CT molecular complexity index is 972. The average molecular weight is 361 g/mol. The maximum absolute atomic E-state index is 11.9. The Morgan fingerprint density at radius 3 is 2.88 bits per heavy atom. The fraction of sp³-hybridized carbons (Fsp3) is 0.438. The normalized spacial score (nSPS) is 19.5. The number of aromatic nitrogens is 5. The molecule has 4 heterocycles. The number of aryl methyl sites for hydroxylation is 3. The summed E-state index contributed by atoms with van der Waals surface area (Å²) in [7, 11) is -3.00. The summed E-state index contributed by atoms with van der Waals surface area (Å²) in [4.78, 5) is 4.61. The summed E-state index contributed by atoms with van der Waals surface area (Å²) in [5, 5.41) is 8.75. The summed E-state index contributed by atoms with van der Waals surface area (Å²) in [6.07, 6.45) is 4.80. The summed E-state index contributed by atoms with van der Waals surface area (Å²) in [6.45, 7) is 2.52. The summed E-state index contributed by atoms with van der Waals surface area (Å²) in [6, 6.07) is 5.39. The third kappa shape index (κ3) is 3.37. The van der Waals surface area contributed by atoms with Gasteiger partial charge >= 0.3 is 0 Å². The molecular weight excluding hydrogens is 342 g/mol. The minimum atomic E-state index is -3.00. The van der Waals surface area contributed by atoms with Crippen molar-refractivity contribution in [2.45, 2.75) is 32.4 Å². The van der Waals surface area contributed by atoms with Crippen LogP contribution in [0.5, 0.6) is 0 Å². The molecule has 0 bridgehead atoms. The Morgan fingerprint density at radius 2 is 2.24 bits per heavy atom. The molecule has 1 fully saturated rings. The monoisotopic (exact) mass is 361 g/mol. The Kier molecular flexibility index (Phi) is 3.95. The lowest BCUT2D eigenvalue weighted by Gasteiger charge is -2.11. The second kappa shape index (κ2) is 6.14. The first-order chi connectivity index (χ1) is 12.0. The van der Waals surface area contributed by atoms with Crippen LogP contribution in [-0.4, -0.2) is 44.5 Å². The Balaban J connectivity index is 1.65. The largest absolute Gasteiger partial charge is 0.458 e. The molecule has 1 atom stereocenters. The van der Waals surface area contributed by atoms with Crippen molar-refractivity contribution in [3.63, 3.8) is 0 Å². The molecule has 0 aromatic carbocycles. The zero-order valence-corrected chi connectivity index (χ0v) is 14.7. The fourth-order valence-electron chi connectivity index (χ4n) is 3.09. The van der Waals surface area contributed by atoms with Crippen molar-refractivity contribution in [2.75, 3.05) is 11.5 Å². The van der Waals surface area contributed by atoms with Crippen molar-refractivity contribution in [1.82, 2.24) is 24.5 Å². The second-order valence-electron chi connectivity index (χ2n) is 6.28. The van der Waals surface area contributed by atoms with Crippen LogP contribution in [0.15, 0.2) is 35.0 Å². The van der Waals surface area contributed by atoms with Gasteiger partial charge in [0.1, 0.15) is 11.6 Å². The van der Waals surface area contributed by atoms with E-state index < -0.39 is 9.84 Å². The molecule has 3 aromatic heterocycles. The molecule has 0 unspecified atom stereocenters. The first-order valence-electron chi connectivity index (χ1n) is 8.20. The van der Waals surface area contributed by atoms with Crippen molar-refractivity contribution in [3.8, 4) is 11.6 Å². The highest BCUT2D eigenvalue weighted by Gasteiger charge is 2.32. The Hall–Kier alpha value is -2.42. The van der Waals surface area contributed by atoms with Crippen molar-refractivity contribution in [1.29, 1.82) is 0 Å². The molecule has 132 valence electrons. The predicted molar refractivity (Wildman–Crippen MR) is 90.7 cm³/mol. The van der Waals surface area contributed by atoms with Crippen LogP contribution < -0.4 is 0 Å². The van der Waals surface area contributed by atoms with Gasteiger partial charge in [-0.05, 0) is 31.5 Å². The van der Waals surface area contributed by atoms with Crippen LogP contribution in [0.1, 0.15) is 24.0 Å². The van der Waals surface area contributed by atoms with Gasteiger partial charge in [0, 0.05) is 25.4 Å². The lowest BCUT2D eigenvalue weighted by Crippen LogP contribution is -2.17. The van der Waals surface area contributed by atoms with E-state index in [2.05, 4.69) is 15.2 Å². The quantitative estimate of drug-likeness (QED) is 0.685. The fourth-order valence-corrected chi connectivity index (χ4v) is 4.79. The third-order valence-corrected chi connectivity index (χ3v) is 6.09. The number of hydrogen-bond donors (Lipinski definition) is 0. The molecule has 0 spiro atoms. The van der Waals surface area contributed by atoms with Gasteiger partial charge in [0.25, 0.3) is 0 Å². The minimum Gasteiger partial charge on any atom is -0.458 e. The standard InChI is InChI=1S/C16H19N5O3S/c1-12-3-4-14(24-12)16-18-15(5-9-20-8-2-7-17-20)21(19-16)13-6-10-25(22,23)11-13/h2-4,7-8,13H,5-6,9-11H2,1H3/t13-/m1/s1. The van der Waals surface area contributed by atoms with E-state index in [1.165, 1.54) is 0 Å². The maximum Gasteiger partial charge on any atom is 0.217 e. The van der Waals surface area contributed by atoms with Gasteiger partial charge in [-0.1, -0.05) is 0 Å². The van der Waals surface area contributed by atoms with Crippen molar-refractivity contribution < 1.29 is 12.8 Å². The van der Waals surface area contributed by atoms with Crippen LogP contribution in [-0.2, 0) is 22.8 Å². The first-order valence-corrected chi connectivity index (χ1v) is 10.0. The molecule has 4 rings (SSSR count). The minimum absolute atomic E-state index is 0.113. The molecule has 25 heavy (non-hydrogen) atoms. The molecule has 0 N–H and O–H groups in total. The maximum atomic E-state index is 11.9. The van der Waals surface area contributed by atoms with E-state index in [1.54, 1.807) is 10.9 Å². The molecule has 0 amide bonds. The Morgan fingerprint density at radius 1 is 1.36 bits per heavy atom. The zero-order valence-electron chi connectivity index (χ0n) is 13.9. The average Bonchev–Trinajstić information content (AvgIpc) is 3.31. The van der Waals surface area contributed by atoms with Gasteiger partial charge < -0.3 is 4.42 Å². The van der Waals surface area contributed by atoms with Crippen LogP contribution in [0.25, 0.3) is 11.6 Å². The number of rotatable bonds is 5. The highest BCUT2D eigenvalue weighted by molar-refractivity contribution is 7.91. The van der Waals surface area contributed by atoms with Crippen LogP contribution in [0, 0.1) is 6.92 Å². The van der Waals surface area contributed by atoms with E-state index in [0.717, 1.165) is 11.6 Å². The van der Waals surface area contributed by atoms with Gasteiger partial charge in [-0.15, -0.1) is 5.10 Å². The van der Waals surface area contributed by atoms with Gasteiger partial charge in [0.05, 0.1) is 17.5 Å². The summed E-state index contributed by atoms with van der Waals surface area (Å²) in [5.41, 5.74) is 0. The van der Waals surface area contributed by atoms with Crippen LogP contribution in [0.2, 0.25) is 0 Å². The third-order valence-electron chi connectivity index (χ3n) is 4.34. The molecular formula is C16H19N5O3S. The second-order valence-corrected chi connectivity index (χ2v) is 8.51. The van der Waals surface area contributed by atoms with Crippen molar-refractivity contribution in [2.24, 2.45) is 0 Å². The van der Waals surface area contributed by atoms with Gasteiger partial charge in [-0.25, -0.2) is 18.1 Å². The van der Waals surface area contributed by atoms with Crippen LogP contribution in [0.3, 0.4) is 0 Å². The molecule has 1 aliphatic heterocycles. The van der Waals surface area contributed by atoms with Gasteiger partial charge in [-0.3, -0.25) is 4.68 Å². The highest BCUT2D eigenvalue weighted by atomic mass is 32.2. The SMILES string of the molecule is Cc1ccc(-c2nc(CCn3cccn3)n([C@@H]3CCS(=O)(=O)C3)n2)o1. The van der Waals surface area contributed by atoms with E-state index in [0.29, 0.717) is 31.0 Å². The molecule has 0 aliphatic carbocycles. The first kappa shape index (κ1) is 16.1. The van der Waals surface area contributed by atoms with E-state index in [-0.39, 0.29) is 17.5 Å². The number of sulfone groups is 1. The molecule has 0 saturated carbocycles. The lowest BCUT2D eigenvalue weighted by atomic mass is 10.2. The summed E-state index contributed by atoms with van der Waals surface area (Å²) >= 11 is 0. The van der Waals surface area contributed by atoms with E-state index in [4.69, 9.17) is 4.42 Å². The van der Waals surface area contributed by atoms with Crippen molar-refractivity contribution in [3.05, 3.63) is 42.2 Å². The topological polar surface area (TPSA) is 95.8 Å². The smallest absolute Gasteiger partial charge is 0.217 e. The van der Waals surface area contributed by atoms with Gasteiger partial charge in [0.15, 0.2) is 15.6 Å². The predicted octanol–water partition coefficient (Wildman–Crippen LogP) is 1.65. The molecule has 8 nitrogen and oxygen atoms in total. The molecule has 1 aliphatic rings. The van der Waals surface area contributed by atoms with Gasteiger partial charge in [-0.2, -0.15) is 5.10 Å². The van der Waals surface area contributed by atoms with Crippen LogP contribution in [0.4, 0.5) is 0 Å². The highest BCUT2D eigenvalue weighted by Crippen LogP contribution is 2.27. The number of hydrogen-bond acceptors (Lipinski definition) is 6. The molecule has 0 radical (unpaired) electrons. The van der Waals surface area contributed by atoms with Gasteiger partial charge in [0.2, 0.25) is 5.82 Å². The summed E-state index contributed by atoms with van der Waals surface area (Å²) in [5.74, 6) is 2.94. The molecule has 9 heteroatoms. The molecule has 1 saturated heterocycles. The molecule has 3 aromatic rings. The number of nitrogens with zero attached hydrogens (tertiary/aromatic N) is 5. The lowest BCUT2D eigenvalue weighted by molar-refractivity contribution is 0.464. The van der Waals surface area contributed by atoms with E-state index >= 15 is 0 Å². The van der Waals surface area contributed by atoms with Crippen LogP contribution >= 0.6 is 0 Å².